The number of carboxylic acid groups (broad SMARTS) is 1. The Labute approximate surface area is 194 Å². The third kappa shape index (κ3) is 8.49. The van der Waals surface area contributed by atoms with E-state index in [-0.39, 0.29) is 24.2 Å². The van der Waals surface area contributed by atoms with Crippen LogP contribution in [0.5, 0.6) is 0 Å². The second-order valence-corrected chi connectivity index (χ2v) is 9.06. The van der Waals surface area contributed by atoms with Crippen LogP contribution in [0.1, 0.15) is 53.7 Å². The van der Waals surface area contributed by atoms with Crippen molar-refractivity contribution in [1.82, 2.24) is 25.9 Å². The first-order valence-corrected chi connectivity index (χ1v) is 11.3. The van der Waals surface area contributed by atoms with Gasteiger partial charge in [-0.1, -0.05) is 48.0 Å². The number of nitrogens with one attached hydrogen (secondary N) is 4. The minimum atomic E-state index is -1.15. The van der Waals surface area contributed by atoms with Gasteiger partial charge in [0.1, 0.15) is 18.1 Å². The maximum absolute atomic E-state index is 13.1. The van der Waals surface area contributed by atoms with Gasteiger partial charge in [-0.3, -0.25) is 14.4 Å². The number of aliphatic carboxylic acids is 1. The van der Waals surface area contributed by atoms with Crippen molar-refractivity contribution in [1.29, 1.82) is 0 Å². The summed E-state index contributed by atoms with van der Waals surface area (Å²) in [5, 5.41) is 17.3. The zero-order valence-electron chi connectivity index (χ0n) is 20.2. The lowest BCUT2D eigenvalue weighted by atomic mass is 9.95. The van der Waals surface area contributed by atoms with Gasteiger partial charge in [0, 0.05) is 18.3 Å². The number of carbonyl (C=O) groups excluding carboxylic acids is 3. The number of aromatic nitrogens is 2. The van der Waals surface area contributed by atoms with Crippen molar-refractivity contribution < 1.29 is 24.3 Å². The number of imidazole rings is 1. The zero-order chi connectivity index (χ0) is 25.3. The van der Waals surface area contributed by atoms with Gasteiger partial charge in [-0.05, 0) is 17.8 Å². The number of aromatic amines is 1. The first-order valence-electron chi connectivity index (χ1n) is 11.3. The minimum absolute atomic E-state index is 0.226. The molecule has 11 heteroatoms. The highest BCUT2D eigenvalue weighted by Gasteiger charge is 2.34. The molecule has 0 aliphatic heterocycles. The van der Waals surface area contributed by atoms with Crippen LogP contribution in [-0.4, -0.2) is 62.9 Å². The summed E-state index contributed by atoms with van der Waals surface area (Å²) < 4.78 is 0. The monoisotopic (exact) mass is 466 g/mol. The van der Waals surface area contributed by atoms with Crippen molar-refractivity contribution in [2.75, 3.05) is 0 Å². The Kier molecular flexibility index (Phi) is 11.0. The molecule has 1 aromatic rings. The van der Waals surface area contributed by atoms with E-state index < -0.39 is 47.9 Å². The summed E-state index contributed by atoms with van der Waals surface area (Å²) in [6.07, 6.45) is 3.88. The Morgan fingerprint density at radius 3 is 1.91 bits per heavy atom. The Morgan fingerprint density at radius 2 is 1.45 bits per heavy atom. The van der Waals surface area contributed by atoms with Crippen molar-refractivity contribution in [2.24, 2.45) is 23.5 Å². The number of carbonyl (C=O) groups is 4. The molecule has 0 bridgehead atoms. The Morgan fingerprint density at radius 1 is 0.939 bits per heavy atom. The van der Waals surface area contributed by atoms with Crippen molar-refractivity contribution in [3.05, 3.63) is 18.2 Å². The van der Waals surface area contributed by atoms with Gasteiger partial charge in [0.05, 0.1) is 12.4 Å². The van der Waals surface area contributed by atoms with E-state index in [9.17, 15) is 24.3 Å². The highest BCUT2D eigenvalue weighted by atomic mass is 16.4. The van der Waals surface area contributed by atoms with Crippen LogP contribution < -0.4 is 21.7 Å². The molecule has 0 radical (unpaired) electrons. The van der Waals surface area contributed by atoms with Crippen LogP contribution in [0.25, 0.3) is 0 Å². The van der Waals surface area contributed by atoms with Crippen LogP contribution in [0.3, 0.4) is 0 Å². The van der Waals surface area contributed by atoms with Gasteiger partial charge < -0.3 is 31.8 Å². The van der Waals surface area contributed by atoms with Gasteiger partial charge in [0.15, 0.2) is 0 Å². The second kappa shape index (κ2) is 12.9. The lowest BCUT2D eigenvalue weighted by molar-refractivity contribution is -0.144. The van der Waals surface area contributed by atoms with E-state index in [1.54, 1.807) is 33.9 Å². The number of hydrogen-bond acceptors (Lipinski definition) is 6. The molecular formula is C22H38N6O5. The molecule has 0 spiro atoms. The summed E-state index contributed by atoms with van der Waals surface area (Å²) in [4.78, 5) is 56.8. The number of rotatable bonds is 13. The fraction of sp³-hybridized carbons (Fsp3) is 0.682. The topological polar surface area (TPSA) is 179 Å². The Bertz CT molecular complexity index is 795. The van der Waals surface area contributed by atoms with E-state index in [0.717, 1.165) is 0 Å². The van der Waals surface area contributed by atoms with Crippen LogP contribution in [0.2, 0.25) is 0 Å². The van der Waals surface area contributed by atoms with Crippen LogP contribution >= 0.6 is 0 Å². The summed E-state index contributed by atoms with van der Waals surface area (Å²) in [6, 6.07) is -3.86. The summed E-state index contributed by atoms with van der Waals surface area (Å²) in [5.74, 6) is -3.65. The second-order valence-electron chi connectivity index (χ2n) is 9.06. The standard InChI is InChI=1S/C22H38N6O5/c1-7-13(6)18(28-19(29)15(23)8-14-9-24-10-25-14)21(31)26-16(11(2)3)20(30)27-17(12(4)5)22(32)33/h9-13,15-18H,7-8,23H2,1-6H3,(H,24,25)(H,26,31)(H,27,30)(H,28,29)(H,32,33). The average molecular weight is 467 g/mol. The summed E-state index contributed by atoms with van der Waals surface area (Å²) >= 11 is 0. The number of carboxylic acids is 1. The quantitative estimate of drug-likeness (QED) is 0.240. The summed E-state index contributed by atoms with van der Waals surface area (Å²) in [5.41, 5.74) is 6.69. The van der Waals surface area contributed by atoms with E-state index in [2.05, 4.69) is 25.9 Å². The molecule has 5 atom stereocenters. The molecule has 11 nitrogen and oxygen atoms in total. The fourth-order valence-electron chi connectivity index (χ4n) is 3.22. The van der Waals surface area contributed by atoms with Gasteiger partial charge in [-0.2, -0.15) is 0 Å². The molecule has 0 aromatic carbocycles. The van der Waals surface area contributed by atoms with Crippen LogP contribution in [0.4, 0.5) is 0 Å². The Balaban J connectivity index is 2.93. The van der Waals surface area contributed by atoms with Crippen molar-refractivity contribution >= 4 is 23.7 Å². The molecule has 1 aromatic heterocycles. The molecule has 1 rings (SSSR count). The number of nitrogens with zero attached hydrogens (tertiary/aromatic N) is 1. The fourth-order valence-corrected chi connectivity index (χ4v) is 3.22. The lowest BCUT2D eigenvalue weighted by Gasteiger charge is -2.29. The molecule has 1 heterocycles. The normalized spacial score (nSPS) is 15.9. The van der Waals surface area contributed by atoms with Gasteiger partial charge in [0.2, 0.25) is 17.7 Å². The summed E-state index contributed by atoms with van der Waals surface area (Å²) in [7, 11) is 0. The third-order valence-corrected chi connectivity index (χ3v) is 5.60. The van der Waals surface area contributed by atoms with Gasteiger partial charge in [-0.15, -0.1) is 0 Å². The third-order valence-electron chi connectivity index (χ3n) is 5.60. The molecule has 7 N–H and O–H groups in total. The zero-order valence-corrected chi connectivity index (χ0v) is 20.2. The smallest absolute Gasteiger partial charge is 0.326 e. The molecule has 3 amide bonds. The van der Waals surface area contributed by atoms with Gasteiger partial charge >= 0.3 is 5.97 Å². The predicted molar refractivity (Wildman–Crippen MR) is 123 cm³/mol. The average Bonchev–Trinajstić information content (AvgIpc) is 3.25. The molecule has 0 saturated carbocycles. The number of H-pyrrole nitrogens is 1. The largest absolute Gasteiger partial charge is 0.480 e. The van der Waals surface area contributed by atoms with Crippen molar-refractivity contribution in [2.45, 2.75) is 78.6 Å². The van der Waals surface area contributed by atoms with Crippen LogP contribution in [-0.2, 0) is 25.6 Å². The maximum atomic E-state index is 13.1. The summed E-state index contributed by atoms with van der Waals surface area (Å²) in [6.45, 7) is 10.6. The van der Waals surface area contributed by atoms with E-state index in [1.807, 2.05) is 13.8 Å². The molecule has 5 unspecified atom stereocenters. The first kappa shape index (κ1) is 28.1. The molecule has 0 saturated heterocycles. The SMILES string of the molecule is CCC(C)C(NC(=O)C(N)Cc1cnc[nH]1)C(=O)NC(C(=O)NC(C(=O)O)C(C)C)C(C)C. The van der Waals surface area contributed by atoms with Gasteiger partial charge in [-0.25, -0.2) is 9.78 Å². The number of hydrogen-bond donors (Lipinski definition) is 6. The van der Waals surface area contributed by atoms with E-state index >= 15 is 0 Å². The van der Waals surface area contributed by atoms with Crippen molar-refractivity contribution in [3.8, 4) is 0 Å². The predicted octanol–water partition coefficient (Wildman–Crippen LogP) is 0.177. The van der Waals surface area contributed by atoms with E-state index in [0.29, 0.717) is 12.1 Å². The molecule has 0 aliphatic carbocycles. The van der Waals surface area contributed by atoms with Crippen molar-refractivity contribution in [3.63, 3.8) is 0 Å². The van der Waals surface area contributed by atoms with E-state index in [1.165, 1.54) is 6.33 Å². The van der Waals surface area contributed by atoms with Crippen LogP contribution in [0.15, 0.2) is 12.5 Å². The number of amides is 3. The molecule has 0 fully saturated rings. The lowest BCUT2D eigenvalue weighted by Crippen LogP contribution is -2.60. The molecule has 186 valence electrons. The Hall–Kier alpha value is -2.95. The van der Waals surface area contributed by atoms with Gasteiger partial charge in [0.25, 0.3) is 0 Å². The van der Waals surface area contributed by atoms with E-state index in [4.69, 9.17) is 5.73 Å². The maximum Gasteiger partial charge on any atom is 0.326 e. The molecule has 33 heavy (non-hydrogen) atoms. The number of nitrogens with two attached hydrogens (primary N) is 1. The highest BCUT2D eigenvalue weighted by molar-refractivity contribution is 5.94. The molecular weight excluding hydrogens is 428 g/mol. The highest BCUT2D eigenvalue weighted by Crippen LogP contribution is 2.12. The minimum Gasteiger partial charge on any atom is -0.480 e. The first-order chi connectivity index (χ1) is 15.4. The van der Waals surface area contributed by atoms with Crippen LogP contribution in [0, 0.1) is 17.8 Å². The molecule has 0 aliphatic rings.